The molecule has 1 rings (SSSR count). The molecule has 0 aliphatic rings. The first-order valence-corrected chi connectivity index (χ1v) is 5.49. The van der Waals surface area contributed by atoms with Gasteiger partial charge in [-0.15, -0.1) is 13.2 Å². The molecule has 0 amide bonds. The lowest BCUT2D eigenvalue weighted by atomic mass is 10.1. The van der Waals surface area contributed by atoms with Crippen LogP contribution in [0.15, 0.2) is 18.2 Å². The largest absolute Gasteiger partial charge is 0.522 e. The molecule has 1 aromatic rings. The molecule has 0 aliphatic carbocycles. The summed E-state index contributed by atoms with van der Waals surface area (Å²) in [5, 5.41) is 0. The Balaban J connectivity index is 2.48. The standard InChI is InChI=1S/C12H16F3NO2/c1-8-7-10(9(2)16)3-4-11(8)17-5-6-18-12(13,14)15/h3-4,7,9H,5-6,16H2,1-2H3. The molecule has 0 saturated heterocycles. The molecule has 2 N–H and O–H groups in total. The molecule has 102 valence electrons. The van der Waals surface area contributed by atoms with Gasteiger partial charge in [-0.2, -0.15) is 0 Å². The number of rotatable bonds is 5. The number of hydrogen-bond donors (Lipinski definition) is 1. The Morgan fingerprint density at radius 2 is 1.94 bits per heavy atom. The summed E-state index contributed by atoms with van der Waals surface area (Å²) in [6.07, 6.45) is -4.61. The van der Waals surface area contributed by atoms with Crippen molar-refractivity contribution in [3.8, 4) is 5.75 Å². The summed E-state index contributed by atoms with van der Waals surface area (Å²) in [4.78, 5) is 0. The Bertz CT molecular complexity index is 391. The first-order valence-electron chi connectivity index (χ1n) is 5.49. The summed E-state index contributed by atoms with van der Waals surface area (Å²) in [5.41, 5.74) is 7.50. The molecule has 0 aliphatic heterocycles. The zero-order valence-corrected chi connectivity index (χ0v) is 10.3. The Labute approximate surface area is 104 Å². The molecule has 1 aromatic carbocycles. The van der Waals surface area contributed by atoms with Crippen LogP contribution in [0.2, 0.25) is 0 Å². The van der Waals surface area contributed by atoms with E-state index in [2.05, 4.69) is 4.74 Å². The fraction of sp³-hybridized carbons (Fsp3) is 0.500. The molecule has 3 nitrogen and oxygen atoms in total. The highest BCUT2D eigenvalue weighted by atomic mass is 19.4. The quantitative estimate of drug-likeness (QED) is 0.831. The molecule has 1 unspecified atom stereocenters. The van der Waals surface area contributed by atoms with Crippen LogP contribution in [0.3, 0.4) is 0 Å². The Morgan fingerprint density at radius 3 is 2.44 bits per heavy atom. The van der Waals surface area contributed by atoms with Gasteiger partial charge in [0.25, 0.3) is 0 Å². The third-order valence-electron chi connectivity index (χ3n) is 2.33. The van der Waals surface area contributed by atoms with Crippen molar-refractivity contribution >= 4 is 0 Å². The van der Waals surface area contributed by atoms with Crippen LogP contribution in [-0.4, -0.2) is 19.6 Å². The normalized spacial score (nSPS) is 13.4. The van der Waals surface area contributed by atoms with E-state index >= 15 is 0 Å². The molecular formula is C12H16F3NO2. The molecule has 0 aromatic heterocycles. The predicted octanol–water partition coefficient (Wildman–Crippen LogP) is 2.93. The second-order valence-corrected chi connectivity index (χ2v) is 3.96. The van der Waals surface area contributed by atoms with Crippen molar-refractivity contribution < 1.29 is 22.6 Å². The van der Waals surface area contributed by atoms with Crippen molar-refractivity contribution in [1.29, 1.82) is 0 Å². The van der Waals surface area contributed by atoms with Crippen molar-refractivity contribution in [2.75, 3.05) is 13.2 Å². The molecule has 0 radical (unpaired) electrons. The van der Waals surface area contributed by atoms with Crippen molar-refractivity contribution in [3.63, 3.8) is 0 Å². The third kappa shape index (κ3) is 4.93. The third-order valence-corrected chi connectivity index (χ3v) is 2.33. The van der Waals surface area contributed by atoms with Crippen LogP contribution in [-0.2, 0) is 4.74 Å². The lowest BCUT2D eigenvalue weighted by Gasteiger charge is -2.13. The smallest absolute Gasteiger partial charge is 0.491 e. The lowest BCUT2D eigenvalue weighted by molar-refractivity contribution is -0.325. The SMILES string of the molecule is Cc1cc(C(C)N)ccc1OCCOC(F)(F)F. The van der Waals surface area contributed by atoms with Crippen molar-refractivity contribution in [1.82, 2.24) is 0 Å². The molecular weight excluding hydrogens is 247 g/mol. The van der Waals surface area contributed by atoms with E-state index in [1.807, 2.05) is 19.9 Å². The summed E-state index contributed by atoms with van der Waals surface area (Å²) < 4.78 is 43.9. The van der Waals surface area contributed by atoms with E-state index in [0.29, 0.717) is 5.75 Å². The number of aryl methyl sites for hydroxylation is 1. The van der Waals surface area contributed by atoms with Gasteiger partial charge in [0.2, 0.25) is 0 Å². The maximum Gasteiger partial charge on any atom is 0.522 e. The lowest BCUT2D eigenvalue weighted by Crippen LogP contribution is -2.18. The number of nitrogens with two attached hydrogens (primary N) is 1. The zero-order chi connectivity index (χ0) is 13.8. The summed E-state index contributed by atoms with van der Waals surface area (Å²) in [6, 6.07) is 5.25. The predicted molar refractivity (Wildman–Crippen MR) is 61.3 cm³/mol. The van der Waals surface area contributed by atoms with E-state index in [4.69, 9.17) is 10.5 Å². The van der Waals surface area contributed by atoms with Crippen LogP contribution in [0, 0.1) is 6.92 Å². The highest BCUT2D eigenvalue weighted by Gasteiger charge is 2.28. The summed E-state index contributed by atoms with van der Waals surface area (Å²) in [6.45, 7) is 2.98. The molecule has 0 spiro atoms. The number of benzene rings is 1. The van der Waals surface area contributed by atoms with E-state index in [1.54, 1.807) is 12.1 Å². The van der Waals surface area contributed by atoms with E-state index in [-0.39, 0.29) is 12.6 Å². The monoisotopic (exact) mass is 263 g/mol. The van der Waals surface area contributed by atoms with Gasteiger partial charge in [-0.25, -0.2) is 0 Å². The van der Waals surface area contributed by atoms with Crippen LogP contribution in [0.25, 0.3) is 0 Å². The van der Waals surface area contributed by atoms with Gasteiger partial charge in [0.15, 0.2) is 0 Å². The number of hydrogen-bond acceptors (Lipinski definition) is 3. The van der Waals surface area contributed by atoms with Crippen molar-refractivity contribution in [2.45, 2.75) is 26.3 Å². The second-order valence-electron chi connectivity index (χ2n) is 3.96. The van der Waals surface area contributed by atoms with Crippen molar-refractivity contribution in [2.24, 2.45) is 5.73 Å². The van der Waals surface area contributed by atoms with Crippen LogP contribution in [0.5, 0.6) is 5.75 Å². The highest BCUT2D eigenvalue weighted by Crippen LogP contribution is 2.22. The maximum absolute atomic E-state index is 11.7. The number of alkyl halides is 3. The van der Waals surface area contributed by atoms with Gasteiger partial charge in [0.1, 0.15) is 12.4 Å². The average Bonchev–Trinajstić information content (AvgIpc) is 2.24. The number of ether oxygens (including phenoxy) is 2. The van der Waals surface area contributed by atoms with Gasteiger partial charge in [-0.3, -0.25) is 4.74 Å². The first kappa shape index (κ1) is 14.8. The molecule has 0 fully saturated rings. The zero-order valence-electron chi connectivity index (χ0n) is 10.3. The fourth-order valence-corrected chi connectivity index (χ4v) is 1.43. The molecule has 6 heteroatoms. The number of halogens is 3. The van der Waals surface area contributed by atoms with Crippen LogP contribution in [0.4, 0.5) is 13.2 Å². The second kappa shape index (κ2) is 6.06. The van der Waals surface area contributed by atoms with Crippen LogP contribution in [0.1, 0.15) is 24.1 Å². The maximum atomic E-state index is 11.7. The first-order chi connectivity index (χ1) is 8.29. The summed E-state index contributed by atoms with van der Waals surface area (Å²) in [7, 11) is 0. The van der Waals surface area contributed by atoms with Crippen LogP contribution < -0.4 is 10.5 Å². The van der Waals surface area contributed by atoms with Gasteiger partial charge < -0.3 is 10.5 Å². The van der Waals surface area contributed by atoms with E-state index in [0.717, 1.165) is 11.1 Å². The van der Waals surface area contributed by atoms with E-state index in [9.17, 15) is 13.2 Å². The summed E-state index contributed by atoms with van der Waals surface area (Å²) in [5.74, 6) is 0.533. The average molecular weight is 263 g/mol. The molecule has 0 bridgehead atoms. The van der Waals surface area contributed by atoms with Crippen LogP contribution >= 0.6 is 0 Å². The minimum absolute atomic E-state index is 0.0914. The van der Waals surface area contributed by atoms with Gasteiger partial charge in [0.05, 0.1) is 6.61 Å². The summed E-state index contributed by atoms with van der Waals surface area (Å²) >= 11 is 0. The van der Waals surface area contributed by atoms with E-state index < -0.39 is 13.0 Å². The molecule has 0 saturated carbocycles. The highest BCUT2D eigenvalue weighted by molar-refractivity contribution is 5.37. The minimum Gasteiger partial charge on any atom is -0.491 e. The fourth-order valence-electron chi connectivity index (χ4n) is 1.43. The Hall–Kier alpha value is -1.27. The van der Waals surface area contributed by atoms with Gasteiger partial charge in [-0.1, -0.05) is 12.1 Å². The minimum atomic E-state index is -4.61. The molecule has 18 heavy (non-hydrogen) atoms. The van der Waals surface area contributed by atoms with Gasteiger partial charge >= 0.3 is 6.36 Å². The molecule has 0 heterocycles. The topological polar surface area (TPSA) is 44.5 Å². The van der Waals surface area contributed by atoms with Gasteiger partial charge in [0, 0.05) is 6.04 Å². The van der Waals surface area contributed by atoms with Crippen molar-refractivity contribution in [3.05, 3.63) is 29.3 Å². The van der Waals surface area contributed by atoms with Gasteiger partial charge in [-0.05, 0) is 31.0 Å². The Morgan fingerprint density at radius 1 is 1.28 bits per heavy atom. The molecule has 1 atom stereocenters. The Kier molecular flexibility index (Phi) is 4.98. The van der Waals surface area contributed by atoms with E-state index in [1.165, 1.54) is 0 Å².